The molecule has 0 aliphatic rings. The Morgan fingerprint density at radius 3 is 2.52 bits per heavy atom. The van der Waals surface area contributed by atoms with Gasteiger partial charge in [-0.1, -0.05) is 43.7 Å². The van der Waals surface area contributed by atoms with Crippen LogP contribution in [0.15, 0.2) is 55.0 Å². The van der Waals surface area contributed by atoms with E-state index in [0.717, 1.165) is 13.1 Å². The monoisotopic (exact) mass is 305 g/mol. The molecule has 0 unspecified atom stereocenters. The highest BCUT2D eigenvalue weighted by Crippen LogP contribution is 2.23. The Morgan fingerprint density at radius 2 is 1.78 bits per heavy atom. The summed E-state index contributed by atoms with van der Waals surface area (Å²) < 4.78 is 4.56. The van der Waals surface area contributed by atoms with Crippen molar-refractivity contribution in [2.24, 2.45) is 0 Å². The summed E-state index contributed by atoms with van der Waals surface area (Å²) in [6.45, 7) is 6.49. The van der Waals surface area contributed by atoms with E-state index in [4.69, 9.17) is 0 Å². The molecule has 0 bridgehead atoms. The number of aryl methyl sites for hydroxylation is 2. The molecule has 0 aliphatic heterocycles. The van der Waals surface area contributed by atoms with Crippen LogP contribution in [0.5, 0.6) is 0 Å². The third-order valence-corrected chi connectivity index (χ3v) is 4.31. The fourth-order valence-electron chi connectivity index (χ4n) is 2.90. The Labute approximate surface area is 138 Å². The van der Waals surface area contributed by atoms with E-state index in [9.17, 15) is 0 Å². The Kier molecular flexibility index (Phi) is 4.92. The summed E-state index contributed by atoms with van der Waals surface area (Å²) in [7, 11) is 0. The lowest BCUT2D eigenvalue weighted by Crippen LogP contribution is -2.30. The number of fused-ring (bicyclic) bond motifs is 1. The fraction of sp³-hybridized carbons (Fsp3) is 0.286. The lowest BCUT2D eigenvalue weighted by molar-refractivity contribution is -0.693. The van der Waals surface area contributed by atoms with Crippen molar-refractivity contribution < 1.29 is 4.57 Å². The highest BCUT2D eigenvalue weighted by atomic mass is 15.0. The molecule has 0 fully saturated rings. The van der Waals surface area contributed by atoms with Crippen molar-refractivity contribution in [1.29, 1.82) is 0 Å². The first kappa shape index (κ1) is 15.5. The molecule has 0 N–H and O–H groups in total. The number of aromatic nitrogens is 2. The first-order chi connectivity index (χ1) is 11.3. The van der Waals surface area contributed by atoms with Crippen LogP contribution in [0.3, 0.4) is 0 Å². The molecule has 3 rings (SSSR count). The zero-order valence-corrected chi connectivity index (χ0v) is 14.1. The number of benzene rings is 1. The van der Waals surface area contributed by atoms with Gasteiger partial charge in [-0.05, 0) is 30.5 Å². The lowest BCUT2D eigenvalue weighted by atomic mass is 10.1. The van der Waals surface area contributed by atoms with Gasteiger partial charge in [0.1, 0.15) is 6.54 Å². The third kappa shape index (κ3) is 3.53. The number of hydrogen-bond acceptors (Lipinski definition) is 0. The van der Waals surface area contributed by atoms with Gasteiger partial charge in [-0.25, -0.2) is 4.57 Å². The molecule has 0 spiro atoms. The molecular formula is C21H25N2+. The summed E-state index contributed by atoms with van der Waals surface area (Å²) in [4.78, 5) is 0. The van der Waals surface area contributed by atoms with Gasteiger partial charge in [-0.3, -0.25) is 0 Å². The van der Waals surface area contributed by atoms with Crippen LogP contribution in [-0.2, 0) is 13.1 Å². The fourth-order valence-corrected chi connectivity index (χ4v) is 2.90. The predicted octanol–water partition coefficient (Wildman–Crippen LogP) is 4.92. The maximum Gasteiger partial charge on any atom is 0.169 e. The van der Waals surface area contributed by atoms with Crippen LogP contribution in [0, 0.1) is 0 Å². The first-order valence-electron chi connectivity index (χ1n) is 8.57. The number of hydrogen-bond donors (Lipinski definition) is 0. The molecule has 2 nitrogen and oxygen atoms in total. The minimum absolute atomic E-state index is 1.01. The van der Waals surface area contributed by atoms with Crippen LogP contribution in [0.2, 0.25) is 0 Å². The van der Waals surface area contributed by atoms with Crippen molar-refractivity contribution in [1.82, 2.24) is 4.57 Å². The van der Waals surface area contributed by atoms with Gasteiger partial charge in [0.2, 0.25) is 0 Å². The zero-order chi connectivity index (χ0) is 16.1. The number of nitrogens with zero attached hydrogens (tertiary/aromatic N) is 2. The quantitative estimate of drug-likeness (QED) is 0.572. The molecule has 0 atom stereocenters. The van der Waals surface area contributed by atoms with E-state index < -0.39 is 0 Å². The van der Waals surface area contributed by atoms with E-state index in [1.165, 1.54) is 34.9 Å². The zero-order valence-electron chi connectivity index (χ0n) is 14.1. The second-order valence-electron chi connectivity index (χ2n) is 5.94. The lowest BCUT2D eigenvalue weighted by Gasteiger charge is -2.02. The van der Waals surface area contributed by atoms with Gasteiger partial charge in [-0.2, -0.15) is 0 Å². The minimum atomic E-state index is 1.01. The van der Waals surface area contributed by atoms with Gasteiger partial charge >= 0.3 is 0 Å². The topological polar surface area (TPSA) is 8.81 Å². The van der Waals surface area contributed by atoms with E-state index in [-0.39, 0.29) is 0 Å². The summed E-state index contributed by atoms with van der Waals surface area (Å²) in [6, 6.07) is 13.0. The highest BCUT2D eigenvalue weighted by molar-refractivity contribution is 5.92. The summed E-state index contributed by atoms with van der Waals surface area (Å²) in [5.74, 6) is 0. The van der Waals surface area contributed by atoms with Gasteiger partial charge < -0.3 is 4.57 Å². The Bertz CT molecular complexity index is 794. The number of rotatable bonds is 6. The van der Waals surface area contributed by atoms with Crippen molar-refractivity contribution in [3.05, 3.63) is 66.1 Å². The molecule has 0 aliphatic carbocycles. The maximum atomic E-state index is 2.38. The molecule has 0 saturated heterocycles. The van der Waals surface area contributed by atoms with Gasteiger partial charge in [0.15, 0.2) is 12.4 Å². The average molecular weight is 305 g/mol. The second kappa shape index (κ2) is 7.28. The molecule has 2 aromatic heterocycles. The van der Waals surface area contributed by atoms with Crippen LogP contribution >= 0.6 is 0 Å². The van der Waals surface area contributed by atoms with Gasteiger partial charge in [0, 0.05) is 35.8 Å². The Balaban J connectivity index is 1.90. The molecule has 0 radical (unpaired) electrons. The summed E-state index contributed by atoms with van der Waals surface area (Å²) in [5.41, 5.74) is 3.86. The number of pyridine rings is 1. The molecule has 0 saturated carbocycles. The van der Waals surface area contributed by atoms with Crippen molar-refractivity contribution in [3.63, 3.8) is 0 Å². The average Bonchev–Trinajstić information content (AvgIpc) is 2.96. The predicted molar refractivity (Wildman–Crippen MR) is 98.1 cm³/mol. The normalized spacial score (nSPS) is 11.6. The van der Waals surface area contributed by atoms with Gasteiger partial charge in [0.05, 0.1) is 0 Å². The van der Waals surface area contributed by atoms with E-state index in [2.05, 4.69) is 90.1 Å². The largest absolute Gasteiger partial charge is 0.347 e. The SMILES string of the molecule is CCCCn1cc(/C=C/c2cc[n+](CC)cc2)c2ccccc21. The van der Waals surface area contributed by atoms with Gasteiger partial charge in [0.25, 0.3) is 0 Å². The molecule has 2 heteroatoms. The molecule has 23 heavy (non-hydrogen) atoms. The first-order valence-corrected chi connectivity index (χ1v) is 8.57. The minimum Gasteiger partial charge on any atom is -0.347 e. The van der Waals surface area contributed by atoms with Crippen LogP contribution in [0.25, 0.3) is 23.1 Å². The van der Waals surface area contributed by atoms with Crippen molar-refractivity contribution in [3.8, 4) is 0 Å². The smallest absolute Gasteiger partial charge is 0.169 e. The molecule has 3 aromatic rings. The van der Waals surface area contributed by atoms with E-state index in [1.54, 1.807) is 0 Å². The van der Waals surface area contributed by atoms with E-state index in [1.807, 2.05) is 0 Å². The summed E-state index contributed by atoms with van der Waals surface area (Å²) >= 11 is 0. The third-order valence-electron chi connectivity index (χ3n) is 4.31. The van der Waals surface area contributed by atoms with Crippen LogP contribution in [0.4, 0.5) is 0 Å². The number of para-hydroxylation sites is 1. The maximum absolute atomic E-state index is 2.38. The van der Waals surface area contributed by atoms with E-state index in [0.29, 0.717) is 0 Å². The van der Waals surface area contributed by atoms with Crippen LogP contribution < -0.4 is 4.57 Å². The molecule has 0 amide bonds. The summed E-state index contributed by atoms with van der Waals surface area (Å²) in [5, 5.41) is 1.33. The van der Waals surface area contributed by atoms with Crippen LogP contribution in [0.1, 0.15) is 37.8 Å². The van der Waals surface area contributed by atoms with Crippen molar-refractivity contribution in [2.75, 3.05) is 0 Å². The highest BCUT2D eigenvalue weighted by Gasteiger charge is 2.05. The van der Waals surface area contributed by atoms with Crippen molar-refractivity contribution >= 4 is 23.1 Å². The van der Waals surface area contributed by atoms with E-state index >= 15 is 0 Å². The molecule has 1 aromatic carbocycles. The Morgan fingerprint density at radius 1 is 1.00 bits per heavy atom. The molecular weight excluding hydrogens is 280 g/mol. The van der Waals surface area contributed by atoms with Crippen molar-refractivity contribution in [2.45, 2.75) is 39.8 Å². The van der Waals surface area contributed by atoms with Gasteiger partial charge in [-0.15, -0.1) is 0 Å². The standard InChI is InChI=1S/C21H25N2/c1-3-5-14-23-17-19(20-8-6-7-9-21(20)23)11-10-18-12-15-22(4-2)16-13-18/h6-13,15-17H,3-5,14H2,1-2H3/q+1. The second-order valence-corrected chi connectivity index (χ2v) is 5.94. The van der Waals surface area contributed by atoms with Crippen LogP contribution in [-0.4, -0.2) is 4.57 Å². The number of unbranched alkanes of at least 4 members (excludes halogenated alkanes) is 1. The summed E-state index contributed by atoms with van der Waals surface area (Å²) in [6.07, 6.45) is 13.4. The molecule has 2 heterocycles. The molecule has 118 valence electrons. The Hall–Kier alpha value is -2.35.